The van der Waals surface area contributed by atoms with Crippen molar-refractivity contribution in [1.82, 2.24) is 4.72 Å². The molecule has 0 aliphatic rings. The first kappa shape index (κ1) is 19.6. The van der Waals surface area contributed by atoms with E-state index in [4.69, 9.17) is 10.00 Å². The fourth-order valence-corrected chi connectivity index (χ4v) is 3.30. The number of methoxy groups -OCH3 is 1. The van der Waals surface area contributed by atoms with Crippen LogP contribution in [0.5, 0.6) is 0 Å². The third-order valence-corrected chi connectivity index (χ3v) is 4.93. The molecule has 0 atom stereocenters. The lowest BCUT2D eigenvalue weighted by atomic mass is 10.2. The lowest BCUT2D eigenvalue weighted by Crippen LogP contribution is -2.26. The van der Waals surface area contributed by atoms with E-state index in [9.17, 15) is 13.2 Å². The maximum Gasteiger partial charge on any atom is 0.255 e. The summed E-state index contributed by atoms with van der Waals surface area (Å²) in [6.45, 7) is 0.695. The van der Waals surface area contributed by atoms with Gasteiger partial charge in [0.1, 0.15) is 0 Å². The van der Waals surface area contributed by atoms with Crippen LogP contribution in [0.25, 0.3) is 0 Å². The van der Waals surface area contributed by atoms with E-state index in [1.54, 1.807) is 25.3 Å². The van der Waals surface area contributed by atoms with Crippen LogP contribution in [0.2, 0.25) is 0 Å². The number of nitrogens with one attached hydrogen (secondary N) is 2. The second-order valence-corrected chi connectivity index (χ2v) is 7.19. The Labute approximate surface area is 152 Å². The second-order valence-electron chi connectivity index (χ2n) is 5.42. The van der Waals surface area contributed by atoms with Crippen molar-refractivity contribution in [3.05, 3.63) is 59.7 Å². The van der Waals surface area contributed by atoms with Crippen LogP contribution in [-0.4, -0.2) is 34.6 Å². The molecule has 2 aromatic rings. The molecule has 2 N–H and O–H groups in total. The minimum atomic E-state index is -3.71. The van der Waals surface area contributed by atoms with Crippen LogP contribution >= 0.6 is 0 Å². The number of sulfonamides is 1. The Morgan fingerprint density at radius 1 is 1.19 bits per heavy atom. The van der Waals surface area contributed by atoms with E-state index in [-0.39, 0.29) is 17.0 Å². The van der Waals surface area contributed by atoms with E-state index in [0.29, 0.717) is 24.3 Å². The fourth-order valence-electron chi connectivity index (χ4n) is 2.18. The Kier molecular flexibility index (Phi) is 6.86. The number of benzene rings is 2. The summed E-state index contributed by atoms with van der Waals surface area (Å²) in [4.78, 5) is 12.4. The molecule has 0 saturated heterocycles. The van der Waals surface area contributed by atoms with Crippen molar-refractivity contribution in [2.75, 3.05) is 25.6 Å². The van der Waals surface area contributed by atoms with Crippen LogP contribution in [0, 0.1) is 11.3 Å². The zero-order chi connectivity index (χ0) is 19.0. The van der Waals surface area contributed by atoms with Crippen LogP contribution in [0.15, 0.2) is 53.4 Å². The Morgan fingerprint density at radius 2 is 1.96 bits per heavy atom. The molecule has 2 aromatic carbocycles. The number of carbonyl (C=O) groups is 1. The van der Waals surface area contributed by atoms with Crippen LogP contribution in [-0.2, 0) is 14.8 Å². The molecule has 0 fully saturated rings. The van der Waals surface area contributed by atoms with E-state index in [2.05, 4.69) is 10.0 Å². The van der Waals surface area contributed by atoms with Crippen molar-refractivity contribution in [1.29, 1.82) is 5.26 Å². The summed E-state index contributed by atoms with van der Waals surface area (Å²) in [6, 6.07) is 14.2. The van der Waals surface area contributed by atoms with E-state index >= 15 is 0 Å². The van der Waals surface area contributed by atoms with Gasteiger partial charge in [0.15, 0.2) is 0 Å². The molecule has 0 aliphatic carbocycles. The Bertz CT molecular complexity index is 920. The maximum atomic E-state index is 12.4. The number of ether oxygens (including phenoxy) is 1. The Morgan fingerprint density at radius 3 is 2.69 bits per heavy atom. The van der Waals surface area contributed by atoms with Gasteiger partial charge >= 0.3 is 0 Å². The average Bonchev–Trinajstić information content (AvgIpc) is 2.65. The molecule has 0 aromatic heterocycles. The minimum Gasteiger partial charge on any atom is -0.385 e. The number of nitriles is 1. The molecule has 136 valence electrons. The van der Waals surface area contributed by atoms with Gasteiger partial charge in [0.25, 0.3) is 5.91 Å². The molecule has 7 nitrogen and oxygen atoms in total. The van der Waals surface area contributed by atoms with Gasteiger partial charge in [-0.05, 0) is 42.8 Å². The highest BCUT2D eigenvalue weighted by atomic mass is 32.2. The smallest absolute Gasteiger partial charge is 0.255 e. The summed E-state index contributed by atoms with van der Waals surface area (Å²) in [7, 11) is -2.16. The standard InChI is InChI=1S/C18H19N3O4S/c1-25-10-4-9-20-26(23,24)17-8-3-6-15(12-17)18(22)21-16-7-2-5-14(11-16)13-19/h2-3,5-8,11-12,20H,4,9-10H2,1H3,(H,21,22). The van der Waals surface area contributed by atoms with Crippen molar-refractivity contribution in [2.24, 2.45) is 0 Å². The maximum absolute atomic E-state index is 12.4. The molecule has 0 aliphatic heterocycles. The molecule has 8 heteroatoms. The first-order chi connectivity index (χ1) is 12.5. The Hall–Kier alpha value is -2.73. The highest BCUT2D eigenvalue weighted by molar-refractivity contribution is 7.89. The number of rotatable bonds is 8. The van der Waals surface area contributed by atoms with Gasteiger partial charge in [0.05, 0.1) is 16.5 Å². The number of nitrogens with zero attached hydrogens (tertiary/aromatic N) is 1. The topological polar surface area (TPSA) is 108 Å². The SMILES string of the molecule is COCCCNS(=O)(=O)c1cccc(C(=O)Nc2cccc(C#N)c2)c1. The van der Waals surface area contributed by atoms with Crippen molar-refractivity contribution >= 4 is 21.6 Å². The van der Waals surface area contributed by atoms with Crippen LogP contribution in [0.1, 0.15) is 22.3 Å². The summed E-state index contributed by atoms with van der Waals surface area (Å²) in [5, 5.41) is 11.5. The molecule has 0 saturated carbocycles. The molecule has 0 unspecified atom stereocenters. The number of hydrogen-bond acceptors (Lipinski definition) is 5. The lowest BCUT2D eigenvalue weighted by molar-refractivity contribution is 0.102. The van der Waals surface area contributed by atoms with Crippen LogP contribution in [0.3, 0.4) is 0 Å². The van der Waals surface area contributed by atoms with E-state index in [1.165, 1.54) is 30.3 Å². The molecular formula is C18H19N3O4S. The summed E-state index contributed by atoms with van der Waals surface area (Å²) >= 11 is 0. The zero-order valence-electron chi connectivity index (χ0n) is 14.2. The summed E-state index contributed by atoms with van der Waals surface area (Å²) in [6.07, 6.45) is 0.547. The van der Waals surface area contributed by atoms with Gasteiger partial charge in [0.2, 0.25) is 10.0 Å². The highest BCUT2D eigenvalue weighted by Gasteiger charge is 2.16. The monoisotopic (exact) mass is 373 g/mol. The lowest BCUT2D eigenvalue weighted by Gasteiger charge is -2.09. The first-order valence-corrected chi connectivity index (χ1v) is 9.35. The molecule has 2 rings (SSSR count). The predicted molar refractivity (Wildman–Crippen MR) is 97.2 cm³/mol. The van der Waals surface area contributed by atoms with Crippen molar-refractivity contribution in [2.45, 2.75) is 11.3 Å². The van der Waals surface area contributed by atoms with Crippen molar-refractivity contribution < 1.29 is 17.9 Å². The number of amides is 1. The van der Waals surface area contributed by atoms with Gasteiger partial charge in [-0.2, -0.15) is 5.26 Å². The quantitative estimate of drug-likeness (QED) is 0.689. The Balaban J connectivity index is 2.12. The zero-order valence-corrected chi connectivity index (χ0v) is 15.0. The van der Waals surface area contributed by atoms with E-state index in [0.717, 1.165) is 0 Å². The minimum absolute atomic E-state index is 0.00772. The molecule has 0 heterocycles. The number of hydrogen-bond donors (Lipinski definition) is 2. The average molecular weight is 373 g/mol. The summed E-state index contributed by atoms with van der Waals surface area (Å²) < 4.78 is 31.9. The third kappa shape index (κ3) is 5.39. The van der Waals surface area contributed by atoms with Gasteiger partial charge in [-0.25, -0.2) is 13.1 Å². The molecule has 0 radical (unpaired) electrons. The third-order valence-electron chi connectivity index (χ3n) is 3.47. The predicted octanol–water partition coefficient (Wildman–Crippen LogP) is 2.13. The highest BCUT2D eigenvalue weighted by Crippen LogP contribution is 2.15. The second kappa shape index (κ2) is 9.10. The number of anilines is 1. The molecule has 26 heavy (non-hydrogen) atoms. The van der Waals surface area contributed by atoms with Gasteiger partial charge in [-0.1, -0.05) is 12.1 Å². The van der Waals surface area contributed by atoms with E-state index < -0.39 is 15.9 Å². The molecule has 0 spiro atoms. The van der Waals surface area contributed by atoms with Crippen molar-refractivity contribution in [3.8, 4) is 6.07 Å². The molecule has 0 bridgehead atoms. The van der Waals surface area contributed by atoms with Crippen LogP contribution < -0.4 is 10.0 Å². The number of carbonyl (C=O) groups excluding carboxylic acids is 1. The normalized spacial score (nSPS) is 10.9. The van der Waals surface area contributed by atoms with Gasteiger partial charge < -0.3 is 10.1 Å². The largest absolute Gasteiger partial charge is 0.385 e. The van der Waals surface area contributed by atoms with Gasteiger partial charge in [-0.15, -0.1) is 0 Å². The molecular weight excluding hydrogens is 354 g/mol. The fraction of sp³-hybridized carbons (Fsp3) is 0.222. The summed E-state index contributed by atoms with van der Waals surface area (Å²) in [5.41, 5.74) is 1.08. The first-order valence-electron chi connectivity index (χ1n) is 7.86. The summed E-state index contributed by atoms with van der Waals surface area (Å²) in [5.74, 6) is -0.462. The van der Waals surface area contributed by atoms with E-state index in [1.807, 2.05) is 6.07 Å². The van der Waals surface area contributed by atoms with Gasteiger partial charge in [0, 0.05) is 31.5 Å². The molecule has 1 amide bonds. The van der Waals surface area contributed by atoms with Crippen LogP contribution in [0.4, 0.5) is 5.69 Å². The van der Waals surface area contributed by atoms with Gasteiger partial charge in [-0.3, -0.25) is 4.79 Å². The van der Waals surface area contributed by atoms with Crippen molar-refractivity contribution in [3.63, 3.8) is 0 Å².